The molecule has 0 bridgehead atoms. The molecular weight excluding hydrogens is 312 g/mol. The van der Waals surface area contributed by atoms with Crippen molar-refractivity contribution in [3.8, 4) is 11.1 Å². The third-order valence-electron chi connectivity index (χ3n) is 6.43. The third-order valence-corrected chi connectivity index (χ3v) is 6.43. The van der Waals surface area contributed by atoms with Crippen molar-refractivity contribution in [1.29, 1.82) is 0 Å². The van der Waals surface area contributed by atoms with Crippen LogP contribution in [-0.2, 0) is 11.8 Å². The molecule has 0 saturated carbocycles. The first-order valence-corrected chi connectivity index (χ1v) is 9.44. The van der Waals surface area contributed by atoms with E-state index in [0.29, 0.717) is 0 Å². The van der Waals surface area contributed by atoms with E-state index >= 15 is 0 Å². The normalized spacial score (nSPS) is 16.1. The van der Waals surface area contributed by atoms with Gasteiger partial charge >= 0.3 is 0 Å². The van der Waals surface area contributed by atoms with E-state index in [1.807, 2.05) is 0 Å². The third kappa shape index (κ3) is 1.60. The molecule has 4 aromatic carbocycles. The quantitative estimate of drug-likeness (QED) is 0.329. The molecule has 0 N–H and O–H groups in total. The van der Waals surface area contributed by atoms with Gasteiger partial charge in [0.2, 0.25) is 0 Å². The van der Waals surface area contributed by atoms with Gasteiger partial charge in [0.1, 0.15) is 0 Å². The molecule has 0 spiro atoms. The average molecular weight is 332 g/mol. The first-order valence-electron chi connectivity index (χ1n) is 9.44. The van der Waals surface area contributed by atoms with Crippen LogP contribution in [0.25, 0.3) is 38.7 Å². The zero-order valence-corrected chi connectivity index (χ0v) is 15.1. The highest BCUT2D eigenvalue weighted by atomic mass is 14.4. The fourth-order valence-electron chi connectivity index (χ4n) is 5.21. The summed E-state index contributed by atoms with van der Waals surface area (Å²) in [5.74, 6) is 0. The van der Waals surface area contributed by atoms with E-state index in [2.05, 4.69) is 86.7 Å². The van der Waals surface area contributed by atoms with Crippen LogP contribution in [-0.4, -0.2) is 0 Å². The van der Waals surface area contributed by atoms with Crippen LogP contribution < -0.4 is 0 Å². The summed E-state index contributed by atoms with van der Waals surface area (Å²) in [6.07, 6.45) is 5.61. The summed E-state index contributed by atoms with van der Waals surface area (Å²) < 4.78 is 0. The molecule has 4 aromatic rings. The zero-order valence-electron chi connectivity index (χ0n) is 15.1. The van der Waals surface area contributed by atoms with Gasteiger partial charge in [-0.1, -0.05) is 86.7 Å². The predicted molar refractivity (Wildman–Crippen MR) is 112 cm³/mol. The van der Waals surface area contributed by atoms with Crippen LogP contribution in [0.3, 0.4) is 0 Å². The molecule has 2 aliphatic rings. The first kappa shape index (κ1) is 14.3. The Morgan fingerprint density at radius 2 is 1.62 bits per heavy atom. The first-order chi connectivity index (χ1) is 12.7. The molecule has 0 nitrogen and oxygen atoms in total. The molecule has 0 atom stereocenters. The summed E-state index contributed by atoms with van der Waals surface area (Å²) in [4.78, 5) is 0. The van der Waals surface area contributed by atoms with Crippen molar-refractivity contribution >= 4 is 27.6 Å². The van der Waals surface area contributed by atoms with Crippen LogP contribution in [0.5, 0.6) is 0 Å². The lowest BCUT2D eigenvalue weighted by Crippen LogP contribution is -2.24. The van der Waals surface area contributed by atoms with Crippen molar-refractivity contribution in [2.45, 2.75) is 25.7 Å². The van der Waals surface area contributed by atoms with Gasteiger partial charge in [-0.15, -0.1) is 0 Å². The molecule has 26 heavy (non-hydrogen) atoms. The van der Waals surface area contributed by atoms with Crippen molar-refractivity contribution in [2.75, 3.05) is 0 Å². The highest BCUT2D eigenvalue weighted by Crippen LogP contribution is 2.52. The maximum atomic E-state index is 2.49. The van der Waals surface area contributed by atoms with E-state index in [-0.39, 0.29) is 5.41 Å². The van der Waals surface area contributed by atoms with Gasteiger partial charge in [0.05, 0.1) is 0 Å². The monoisotopic (exact) mass is 332 g/mol. The van der Waals surface area contributed by atoms with Gasteiger partial charge in [0.25, 0.3) is 0 Å². The second-order valence-corrected chi connectivity index (χ2v) is 8.17. The zero-order chi connectivity index (χ0) is 17.5. The summed E-state index contributed by atoms with van der Waals surface area (Å²) in [6.45, 7) is 4.77. The van der Waals surface area contributed by atoms with E-state index in [0.717, 1.165) is 6.42 Å². The van der Waals surface area contributed by atoms with Crippen molar-refractivity contribution in [3.63, 3.8) is 0 Å². The highest BCUT2D eigenvalue weighted by molar-refractivity contribution is 6.13. The van der Waals surface area contributed by atoms with E-state index in [9.17, 15) is 0 Å². The minimum Gasteiger partial charge on any atom is -0.0795 e. The molecule has 0 radical (unpaired) electrons. The molecule has 0 aliphatic heterocycles. The molecule has 0 heterocycles. The number of rotatable bonds is 0. The standard InChI is InChI=1S/C26H20/c1-26(2)21-14-6-10-17-9-5-13-20(24(17)21)25-19-12-4-8-16-7-3-11-18(23(16)19)15-22(25)26/h3-10,12-15H,11H2,1-2H3. The number of allylic oxidation sites excluding steroid dienone is 1. The molecule has 0 saturated heterocycles. The second-order valence-electron chi connectivity index (χ2n) is 8.17. The van der Waals surface area contributed by atoms with Crippen LogP contribution in [0.4, 0.5) is 0 Å². The number of hydrogen-bond donors (Lipinski definition) is 0. The predicted octanol–water partition coefficient (Wildman–Crippen LogP) is 6.87. The summed E-state index contributed by atoms with van der Waals surface area (Å²) in [6, 6.07) is 22.8. The largest absolute Gasteiger partial charge is 0.0795 e. The summed E-state index contributed by atoms with van der Waals surface area (Å²) in [7, 11) is 0. The van der Waals surface area contributed by atoms with Crippen molar-refractivity contribution < 1.29 is 0 Å². The Labute approximate surface area is 153 Å². The Kier molecular flexibility index (Phi) is 2.56. The molecule has 0 fully saturated rings. The molecule has 2 aliphatic carbocycles. The van der Waals surface area contributed by atoms with Gasteiger partial charge in [0.15, 0.2) is 0 Å². The number of benzene rings is 4. The molecule has 124 valence electrons. The van der Waals surface area contributed by atoms with Gasteiger partial charge < -0.3 is 0 Å². The fraction of sp³-hybridized carbons (Fsp3) is 0.154. The Bertz CT molecular complexity index is 1260. The van der Waals surface area contributed by atoms with E-state index in [1.165, 1.54) is 54.9 Å². The Morgan fingerprint density at radius 1 is 0.808 bits per heavy atom. The average Bonchev–Trinajstić information content (AvgIpc) is 2.66. The SMILES string of the molecule is CC1(C)c2cc3c4c(cccc4c2-c2cccc4cccc1c24)C=CC3. The van der Waals surface area contributed by atoms with Crippen LogP contribution >= 0.6 is 0 Å². The molecule has 0 heteroatoms. The molecular formula is C26H20. The van der Waals surface area contributed by atoms with E-state index in [1.54, 1.807) is 0 Å². The lowest BCUT2D eigenvalue weighted by Gasteiger charge is -2.37. The summed E-state index contributed by atoms with van der Waals surface area (Å²) in [5.41, 5.74) is 8.59. The minimum absolute atomic E-state index is 0.00501. The van der Waals surface area contributed by atoms with Gasteiger partial charge in [-0.05, 0) is 61.3 Å². The van der Waals surface area contributed by atoms with Crippen molar-refractivity contribution in [2.24, 2.45) is 0 Å². The lowest BCUT2D eigenvalue weighted by molar-refractivity contribution is 0.645. The number of fused-ring (bicyclic) bond motifs is 3. The Balaban J connectivity index is 1.91. The molecule has 6 rings (SSSR count). The lowest BCUT2D eigenvalue weighted by atomic mass is 9.66. The van der Waals surface area contributed by atoms with Gasteiger partial charge in [-0.2, -0.15) is 0 Å². The van der Waals surface area contributed by atoms with Crippen LogP contribution in [0.2, 0.25) is 0 Å². The second kappa shape index (κ2) is 4.65. The fourth-order valence-corrected chi connectivity index (χ4v) is 5.21. The van der Waals surface area contributed by atoms with Gasteiger partial charge in [-0.25, -0.2) is 0 Å². The number of hydrogen-bond acceptors (Lipinski definition) is 0. The maximum absolute atomic E-state index is 2.49. The Morgan fingerprint density at radius 3 is 2.50 bits per heavy atom. The van der Waals surface area contributed by atoms with E-state index < -0.39 is 0 Å². The minimum atomic E-state index is 0.00501. The van der Waals surface area contributed by atoms with Crippen molar-refractivity contribution in [1.82, 2.24) is 0 Å². The van der Waals surface area contributed by atoms with Crippen LogP contribution in [0.1, 0.15) is 36.1 Å². The highest BCUT2D eigenvalue weighted by Gasteiger charge is 2.35. The molecule has 0 aromatic heterocycles. The smallest absolute Gasteiger partial charge is 0.0159 e. The van der Waals surface area contributed by atoms with Crippen LogP contribution in [0.15, 0.2) is 66.7 Å². The van der Waals surface area contributed by atoms with Gasteiger partial charge in [0, 0.05) is 5.41 Å². The van der Waals surface area contributed by atoms with Crippen molar-refractivity contribution in [3.05, 3.63) is 89.0 Å². The van der Waals surface area contributed by atoms with E-state index in [4.69, 9.17) is 0 Å². The van der Waals surface area contributed by atoms with Gasteiger partial charge in [-0.3, -0.25) is 0 Å². The maximum Gasteiger partial charge on any atom is 0.0159 e. The molecule has 0 unspecified atom stereocenters. The van der Waals surface area contributed by atoms with Crippen LogP contribution in [0, 0.1) is 0 Å². The molecule has 0 amide bonds. The summed E-state index contributed by atoms with van der Waals surface area (Å²) >= 11 is 0. The topological polar surface area (TPSA) is 0 Å². The summed E-state index contributed by atoms with van der Waals surface area (Å²) in [5, 5.41) is 5.63. The Hall–Kier alpha value is -2.86.